The van der Waals surface area contributed by atoms with Crippen LogP contribution < -0.4 is 0 Å². The first-order chi connectivity index (χ1) is 13.4. The van der Waals surface area contributed by atoms with Crippen LogP contribution in [0.4, 0.5) is 0 Å². The minimum absolute atomic E-state index is 0.116. The number of carbonyl (C=O) groups excluding carboxylic acids is 1. The van der Waals surface area contributed by atoms with E-state index in [0.717, 1.165) is 42.9 Å². The number of rotatable bonds is 1. The van der Waals surface area contributed by atoms with Gasteiger partial charge < -0.3 is 9.84 Å². The van der Waals surface area contributed by atoms with Crippen LogP contribution in [0.1, 0.15) is 84.5 Å². The van der Waals surface area contributed by atoms with E-state index in [-0.39, 0.29) is 23.6 Å². The molecule has 3 nitrogen and oxygen atoms in total. The molecule has 4 heteroatoms. The molecule has 0 aromatic carbocycles. The summed E-state index contributed by atoms with van der Waals surface area (Å²) in [6, 6.07) is 0. The van der Waals surface area contributed by atoms with E-state index < -0.39 is 0 Å². The lowest BCUT2D eigenvalue weighted by atomic mass is 9.43. The average molecular weight is 453 g/mol. The van der Waals surface area contributed by atoms with Gasteiger partial charge in [-0.1, -0.05) is 22.9 Å². The van der Waals surface area contributed by atoms with Crippen LogP contribution in [0.2, 0.25) is 0 Å². The zero-order valence-electron chi connectivity index (χ0n) is 17.5. The van der Waals surface area contributed by atoms with Crippen LogP contribution in [0.3, 0.4) is 0 Å². The lowest BCUT2D eigenvalue weighted by Crippen LogP contribution is -2.59. The van der Waals surface area contributed by atoms with E-state index in [1.165, 1.54) is 51.4 Å². The molecule has 1 N–H and O–H groups in total. The highest BCUT2D eigenvalue weighted by Crippen LogP contribution is 2.70. The van der Waals surface area contributed by atoms with E-state index in [1.54, 1.807) is 6.92 Å². The number of carbonyl (C=O) groups is 1. The van der Waals surface area contributed by atoms with E-state index >= 15 is 0 Å². The Morgan fingerprint density at radius 3 is 2.50 bits per heavy atom. The van der Waals surface area contributed by atoms with Gasteiger partial charge in [0.2, 0.25) is 0 Å². The zero-order valence-corrected chi connectivity index (χ0v) is 19.1. The van der Waals surface area contributed by atoms with Crippen LogP contribution in [0, 0.1) is 40.4 Å². The first-order valence-electron chi connectivity index (χ1n) is 11.9. The molecule has 0 bridgehead atoms. The second-order valence-corrected chi connectivity index (χ2v) is 12.3. The van der Waals surface area contributed by atoms with Gasteiger partial charge in [-0.25, -0.2) is 0 Å². The predicted molar refractivity (Wildman–Crippen MR) is 113 cm³/mol. The molecule has 5 saturated carbocycles. The maximum atomic E-state index is 11.4. The summed E-state index contributed by atoms with van der Waals surface area (Å²) in [6.07, 6.45) is 13.6. The summed E-state index contributed by atoms with van der Waals surface area (Å²) in [5.41, 5.74) is 0.610. The molecule has 0 aromatic rings. The van der Waals surface area contributed by atoms with E-state index in [2.05, 4.69) is 22.9 Å². The van der Waals surface area contributed by atoms with E-state index in [0.29, 0.717) is 16.2 Å². The second-order valence-electron chi connectivity index (χ2n) is 11.1. The number of ether oxygens (including phenoxy) is 1. The van der Waals surface area contributed by atoms with E-state index in [9.17, 15) is 9.90 Å². The normalized spacial score (nSPS) is 55.4. The first-order valence-corrected chi connectivity index (χ1v) is 12.8. The Morgan fingerprint density at radius 1 is 0.964 bits per heavy atom. The Labute approximate surface area is 178 Å². The van der Waals surface area contributed by atoms with E-state index in [1.807, 2.05) is 0 Å². The smallest absolute Gasteiger partial charge is 0.302 e. The van der Waals surface area contributed by atoms with Crippen LogP contribution in [0.5, 0.6) is 0 Å². The van der Waals surface area contributed by atoms with Crippen molar-refractivity contribution in [2.75, 3.05) is 0 Å². The largest absolute Gasteiger partial charge is 0.463 e. The van der Waals surface area contributed by atoms with Crippen molar-refractivity contribution >= 4 is 21.9 Å². The molecule has 5 aliphatic carbocycles. The molecule has 5 rings (SSSR count). The van der Waals surface area contributed by atoms with Gasteiger partial charge in [-0.15, -0.1) is 0 Å². The highest BCUT2D eigenvalue weighted by atomic mass is 79.9. The minimum Gasteiger partial charge on any atom is -0.463 e. The number of hydrogen-bond acceptors (Lipinski definition) is 3. The minimum atomic E-state index is -0.148. The van der Waals surface area contributed by atoms with E-state index in [4.69, 9.17) is 4.74 Å². The lowest BCUT2D eigenvalue weighted by molar-refractivity contribution is -0.174. The second kappa shape index (κ2) is 6.97. The summed E-state index contributed by atoms with van der Waals surface area (Å²) in [4.78, 5) is 11.7. The highest BCUT2D eigenvalue weighted by molar-refractivity contribution is 9.09. The van der Waals surface area contributed by atoms with Crippen molar-refractivity contribution in [1.82, 2.24) is 0 Å². The molecule has 0 amide bonds. The number of alkyl halides is 1. The van der Waals surface area contributed by atoms with Crippen LogP contribution in [-0.2, 0) is 9.53 Å². The summed E-state index contributed by atoms with van der Waals surface area (Å²) in [5, 5.41) is 11.3. The lowest BCUT2D eigenvalue weighted by Gasteiger charge is -2.63. The molecule has 0 unspecified atom stereocenters. The molecule has 5 fully saturated rings. The fourth-order valence-electron chi connectivity index (χ4n) is 9.27. The van der Waals surface area contributed by atoms with Crippen molar-refractivity contribution in [2.45, 2.75) is 102 Å². The fourth-order valence-corrected chi connectivity index (χ4v) is 10.0. The third-order valence-electron chi connectivity index (χ3n) is 10.4. The van der Waals surface area contributed by atoms with Gasteiger partial charge in [-0.05, 0) is 106 Å². The monoisotopic (exact) mass is 452 g/mol. The number of aliphatic hydroxyl groups excluding tert-OH is 1. The average Bonchev–Trinajstić information content (AvgIpc) is 3.05. The molecule has 5 aliphatic rings. The number of fused-ring (bicyclic) bond motifs is 4. The van der Waals surface area contributed by atoms with Crippen molar-refractivity contribution in [3.05, 3.63) is 0 Å². The van der Waals surface area contributed by atoms with Gasteiger partial charge in [-0.2, -0.15) is 0 Å². The quantitative estimate of drug-likeness (QED) is 0.423. The van der Waals surface area contributed by atoms with Crippen molar-refractivity contribution in [3.8, 4) is 0 Å². The van der Waals surface area contributed by atoms with Gasteiger partial charge in [-0.3, -0.25) is 4.79 Å². The third-order valence-corrected chi connectivity index (χ3v) is 11.4. The maximum Gasteiger partial charge on any atom is 0.302 e. The summed E-state index contributed by atoms with van der Waals surface area (Å²) in [5.74, 6) is 3.69. The first kappa shape index (κ1) is 19.8. The summed E-state index contributed by atoms with van der Waals surface area (Å²) < 4.78 is 5.61. The zero-order chi connectivity index (χ0) is 19.7. The summed E-state index contributed by atoms with van der Waals surface area (Å²) in [7, 11) is 0. The molecule has 1 spiro atoms. The number of esters is 1. The van der Waals surface area contributed by atoms with Crippen molar-refractivity contribution in [3.63, 3.8) is 0 Å². The molecule has 0 aliphatic heterocycles. The Bertz CT molecular complexity index is 637. The molecule has 0 saturated heterocycles. The summed E-state index contributed by atoms with van der Waals surface area (Å²) in [6.45, 7) is 4.11. The molecule has 10 atom stereocenters. The van der Waals surface area contributed by atoms with Gasteiger partial charge in [0.05, 0.1) is 6.10 Å². The van der Waals surface area contributed by atoms with Crippen molar-refractivity contribution in [2.24, 2.45) is 40.4 Å². The van der Waals surface area contributed by atoms with Gasteiger partial charge in [0.1, 0.15) is 6.10 Å². The van der Waals surface area contributed by atoms with Crippen LogP contribution in [0.25, 0.3) is 0 Å². The fraction of sp³-hybridized carbons (Fsp3) is 0.958. The summed E-state index contributed by atoms with van der Waals surface area (Å²) >= 11 is 3.84. The molecule has 28 heavy (non-hydrogen) atoms. The van der Waals surface area contributed by atoms with Crippen LogP contribution in [0.15, 0.2) is 0 Å². The Morgan fingerprint density at radius 2 is 1.71 bits per heavy atom. The Balaban J connectivity index is 1.39. The maximum absolute atomic E-state index is 11.4. The molecule has 0 heterocycles. The number of hydrogen-bond donors (Lipinski definition) is 1. The van der Waals surface area contributed by atoms with Crippen LogP contribution in [-0.4, -0.2) is 28.1 Å². The highest BCUT2D eigenvalue weighted by Gasteiger charge is 2.65. The van der Waals surface area contributed by atoms with Crippen molar-refractivity contribution < 1.29 is 14.6 Å². The predicted octanol–water partition coefficient (Wildman–Crippen LogP) is 5.48. The van der Waals surface area contributed by atoms with Gasteiger partial charge >= 0.3 is 5.97 Å². The SMILES string of the molecule is CC(=O)O[C@@H]1CC[C@@]2(C)[C@@H](CC[C@@H]3[C@@H]2CC[C@@]24[C@@H](CC[C@H](Br)[C@H]2O)CC[C@@H]34)C1. The molecule has 0 aromatic heterocycles. The molecule has 158 valence electrons. The Hall–Kier alpha value is -0.0900. The Kier molecular flexibility index (Phi) is 4.94. The topological polar surface area (TPSA) is 46.5 Å². The molecule has 0 radical (unpaired) electrons. The van der Waals surface area contributed by atoms with Crippen LogP contribution >= 0.6 is 15.9 Å². The molecular formula is C24H37BrO3. The number of aliphatic hydroxyl groups is 1. The van der Waals surface area contributed by atoms with Gasteiger partial charge in [0.25, 0.3) is 0 Å². The number of halogens is 1. The molecular weight excluding hydrogens is 416 g/mol. The standard InChI is InChI=1S/C24H37BrO3/c1-14(26)28-17-9-11-23(2)16(13-17)3-6-18-19(23)10-12-24-15(4-7-20(18)24)5-8-21(25)22(24)27/h15-22,27H,3-13H2,1-2H3/t15-,16+,17-,18-,19+,20+,21+,22-,23+,24+/m1/s1. The van der Waals surface area contributed by atoms with Gasteiger partial charge in [0.15, 0.2) is 0 Å². The van der Waals surface area contributed by atoms with Gasteiger partial charge in [0, 0.05) is 17.2 Å². The third kappa shape index (κ3) is 2.72. The van der Waals surface area contributed by atoms with Crippen molar-refractivity contribution in [1.29, 1.82) is 0 Å².